The first-order valence-corrected chi connectivity index (χ1v) is 7.30. The van der Waals surface area contributed by atoms with E-state index in [2.05, 4.69) is 6.92 Å². The molecule has 3 nitrogen and oxygen atoms in total. The molecule has 0 N–H and O–H groups in total. The van der Waals surface area contributed by atoms with Gasteiger partial charge in [-0.15, -0.1) is 0 Å². The van der Waals surface area contributed by atoms with Crippen LogP contribution in [0.25, 0.3) is 0 Å². The molecule has 0 saturated carbocycles. The molecule has 86 valence electrons. The second-order valence-corrected chi connectivity index (χ2v) is 5.48. The van der Waals surface area contributed by atoms with Crippen LogP contribution in [0.1, 0.15) is 58.3 Å². The van der Waals surface area contributed by atoms with Gasteiger partial charge in [0.25, 0.3) is 0 Å². The molecule has 0 bridgehead atoms. The Labute approximate surface area is 123 Å². The normalized spacial score (nSPS) is 11.1. The second-order valence-electron chi connectivity index (χ2n) is 3.81. The molecule has 0 aromatic heterocycles. The number of hydrogen-bond donors (Lipinski definition) is 0. The third-order valence-corrected chi connectivity index (χ3v) is 3.15. The fourth-order valence-electron chi connectivity index (χ4n) is 1.44. The summed E-state index contributed by atoms with van der Waals surface area (Å²) in [6, 6.07) is 0. The monoisotopic (exact) mass is 260 g/mol. The Hall–Kier alpha value is 1.41. The summed E-state index contributed by atoms with van der Waals surface area (Å²) in [6.07, 6.45) is 8.52. The van der Waals surface area contributed by atoms with Gasteiger partial charge in [-0.2, -0.15) is 0 Å². The molecule has 0 spiro atoms. The molecule has 0 heterocycles. The van der Waals surface area contributed by atoms with Crippen LogP contribution in [-0.2, 0) is 4.57 Å². The summed E-state index contributed by atoms with van der Waals surface area (Å²) in [5.74, 6) is 0. The Morgan fingerprint density at radius 2 is 1.27 bits per heavy atom. The average Bonchev–Trinajstić information content (AvgIpc) is 2.08. The van der Waals surface area contributed by atoms with E-state index in [4.69, 9.17) is 0 Å². The zero-order valence-corrected chi connectivity index (χ0v) is 12.8. The minimum Gasteiger partial charge on any atom is -0.811 e. The average molecular weight is 260 g/mol. The van der Waals surface area contributed by atoms with E-state index in [0.717, 1.165) is 12.8 Å². The minimum absolute atomic E-state index is 0. The van der Waals surface area contributed by atoms with E-state index in [1.807, 2.05) is 0 Å². The van der Waals surface area contributed by atoms with Gasteiger partial charge in [0.05, 0.1) is 0 Å². The van der Waals surface area contributed by atoms with E-state index in [0.29, 0.717) is 6.42 Å². The molecule has 5 heteroatoms. The predicted molar refractivity (Wildman–Crippen MR) is 60.8 cm³/mol. The smallest absolute Gasteiger partial charge is 0.811 e. The van der Waals surface area contributed by atoms with Gasteiger partial charge in [-0.05, 0) is 12.6 Å². The molecule has 15 heavy (non-hydrogen) atoms. The Bertz CT molecular complexity index is 170. The van der Waals surface area contributed by atoms with Crippen molar-refractivity contribution >= 4 is 45.3 Å². The molecule has 0 unspecified atom stereocenters. The van der Waals surface area contributed by atoms with Gasteiger partial charge >= 0.3 is 37.7 Å². The Morgan fingerprint density at radius 1 is 0.867 bits per heavy atom. The van der Waals surface area contributed by atoms with E-state index in [1.165, 1.54) is 32.1 Å². The maximum atomic E-state index is 10.3. The molecule has 0 amide bonds. The van der Waals surface area contributed by atoms with Crippen LogP contribution in [-0.4, -0.2) is 43.9 Å². The van der Waals surface area contributed by atoms with Gasteiger partial charge in [-0.25, -0.2) is 0 Å². The van der Waals surface area contributed by atoms with E-state index in [-0.39, 0.29) is 43.9 Å². The number of hydrogen-bond acceptors (Lipinski definition) is 3. The number of unbranched alkanes of at least 4 members (excludes halogenated alkanes) is 7. The van der Waals surface area contributed by atoms with E-state index in [9.17, 15) is 14.4 Å². The van der Waals surface area contributed by atoms with Crippen molar-refractivity contribution < 1.29 is 14.4 Å². The summed E-state index contributed by atoms with van der Waals surface area (Å²) < 4.78 is 10.3. The first-order chi connectivity index (χ1) is 6.56. The number of rotatable bonds is 9. The quantitative estimate of drug-likeness (QED) is 0.360. The summed E-state index contributed by atoms with van der Waals surface area (Å²) in [5.41, 5.74) is 0. The van der Waals surface area contributed by atoms with Crippen molar-refractivity contribution in [2.75, 3.05) is 6.16 Å². The fraction of sp³-hybridized carbons (Fsp3) is 1.00. The molecule has 0 radical (unpaired) electrons. The van der Waals surface area contributed by atoms with Gasteiger partial charge in [0.1, 0.15) is 0 Å². The van der Waals surface area contributed by atoms with E-state index < -0.39 is 7.60 Å². The molecule has 0 fully saturated rings. The van der Waals surface area contributed by atoms with Crippen LogP contribution in [0.5, 0.6) is 0 Å². The molecule has 0 aliphatic carbocycles. The third-order valence-electron chi connectivity index (χ3n) is 2.29. The van der Waals surface area contributed by atoms with Crippen molar-refractivity contribution in [2.45, 2.75) is 58.3 Å². The zero-order valence-electron chi connectivity index (χ0n) is 9.74. The van der Waals surface area contributed by atoms with Gasteiger partial charge < -0.3 is 14.4 Å². The first-order valence-electron chi connectivity index (χ1n) is 5.57. The van der Waals surface area contributed by atoms with Crippen LogP contribution < -0.4 is 9.79 Å². The largest absolute Gasteiger partial charge is 2.00 e. The van der Waals surface area contributed by atoms with Crippen LogP contribution in [0.2, 0.25) is 0 Å². The molecule has 0 aromatic rings. The summed E-state index contributed by atoms with van der Waals surface area (Å²) in [4.78, 5) is 20.6. The van der Waals surface area contributed by atoms with Crippen molar-refractivity contribution in [3.63, 3.8) is 0 Å². The van der Waals surface area contributed by atoms with Crippen molar-refractivity contribution in [1.29, 1.82) is 0 Å². The molecular formula is C10H21CaO3P. The van der Waals surface area contributed by atoms with Crippen molar-refractivity contribution in [1.82, 2.24) is 0 Å². The molecule has 0 saturated heterocycles. The third kappa shape index (κ3) is 18.0. The van der Waals surface area contributed by atoms with Gasteiger partial charge in [0.15, 0.2) is 0 Å². The van der Waals surface area contributed by atoms with Crippen molar-refractivity contribution in [3.8, 4) is 0 Å². The summed E-state index contributed by atoms with van der Waals surface area (Å²) in [6.45, 7) is 2.18. The Morgan fingerprint density at radius 3 is 1.67 bits per heavy atom. The predicted octanol–water partition coefficient (Wildman–Crippen LogP) is 1.66. The summed E-state index contributed by atoms with van der Waals surface area (Å²) in [7, 11) is -4.23. The van der Waals surface area contributed by atoms with Crippen LogP contribution in [0.3, 0.4) is 0 Å². The SMILES string of the molecule is CCCCCCCCCCP(=O)([O-])[O-].[Ca+2]. The molecule has 0 aromatic carbocycles. The van der Waals surface area contributed by atoms with Crippen molar-refractivity contribution in [2.24, 2.45) is 0 Å². The standard InChI is InChI=1S/C10H23O3P.Ca/c1-2-3-4-5-6-7-8-9-10-14(11,12)13;/h2-10H2,1H3,(H2,11,12,13);/q;+2/p-2. The molecule has 0 aliphatic rings. The van der Waals surface area contributed by atoms with Crippen molar-refractivity contribution in [3.05, 3.63) is 0 Å². The topological polar surface area (TPSA) is 63.2 Å². The molecule has 0 aliphatic heterocycles. The Balaban J connectivity index is 0. The maximum absolute atomic E-state index is 10.3. The van der Waals surface area contributed by atoms with Crippen LogP contribution in [0.15, 0.2) is 0 Å². The second kappa shape index (κ2) is 11.9. The van der Waals surface area contributed by atoms with Crippen LogP contribution >= 0.6 is 7.60 Å². The molecule has 0 atom stereocenters. The maximum Gasteiger partial charge on any atom is 2.00 e. The Kier molecular flexibility index (Phi) is 14.9. The van der Waals surface area contributed by atoms with Crippen LogP contribution in [0, 0.1) is 0 Å². The van der Waals surface area contributed by atoms with Crippen LogP contribution in [0.4, 0.5) is 0 Å². The molecule has 0 rings (SSSR count). The van der Waals surface area contributed by atoms with Gasteiger partial charge in [-0.3, -0.25) is 0 Å². The van der Waals surface area contributed by atoms with E-state index >= 15 is 0 Å². The van der Waals surface area contributed by atoms with E-state index in [1.54, 1.807) is 0 Å². The van der Waals surface area contributed by atoms with Gasteiger partial charge in [0.2, 0.25) is 0 Å². The molecular weight excluding hydrogens is 239 g/mol. The fourth-order valence-corrected chi connectivity index (χ4v) is 2.05. The zero-order chi connectivity index (χ0) is 10.9. The summed E-state index contributed by atoms with van der Waals surface area (Å²) >= 11 is 0. The first kappa shape index (κ1) is 18.8. The minimum atomic E-state index is -4.23. The van der Waals surface area contributed by atoms with Gasteiger partial charge in [0, 0.05) is 0 Å². The summed E-state index contributed by atoms with van der Waals surface area (Å²) in [5, 5.41) is 0. The van der Waals surface area contributed by atoms with Gasteiger partial charge in [-0.1, -0.05) is 59.5 Å².